The van der Waals surface area contributed by atoms with Crippen molar-refractivity contribution in [3.63, 3.8) is 0 Å². The molecule has 0 aliphatic carbocycles. The maximum atomic E-state index is 13.2. The van der Waals surface area contributed by atoms with Crippen molar-refractivity contribution < 1.29 is 18.0 Å². The van der Waals surface area contributed by atoms with Gasteiger partial charge in [-0.05, 0) is 31.3 Å². The van der Waals surface area contributed by atoms with Gasteiger partial charge in [0.2, 0.25) is 5.95 Å². The monoisotopic (exact) mass is 399 g/mol. The Labute approximate surface area is 159 Å². The molecule has 0 saturated carbocycles. The van der Waals surface area contributed by atoms with Gasteiger partial charge in [-0.2, -0.15) is 13.2 Å². The molecule has 1 amide bonds. The number of aromatic nitrogens is 2. The van der Waals surface area contributed by atoms with Gasteiger partial charge in [-0.1, -0.05) is 11.6 Å². The molecule has 1 aliphatic heterocycles. The second-order valence-electron chi connectivity index (χ2n) is 6.17. The van der Waals surface area contributed by atoms with Crippen LogP contribution < -0.4 is 5.32 Å². The normalized spacial score (nSPS) is 15.7. The fourth-order valence-corrected chi connectivity index (χ4v) is 2.86. The molecular formula is C17H17ClF3N5O. The molecular weight excluding hydrogens is 383 g/mol. The zero-order valence-electron chi connectivity index (χ0n) is 14.4. The van der Waals surface area contributed by atoms with Crippen molar-refractivity contribution in [2.75, 3.05) is 38.5 Å². The summed E-state index contributed by atoms with van der Waals surface area (Å²) in [6.45, 7) is 2.64. The van der Waals surface area contributed by atoms with Crippen molar-refractivity contribution in [3.05, 3.63) is 46.7 Å². The Kier molecular flexibility index (Phi) is 5.52. The van der Waals surface area contributed by atoms with E-state index in [1.807, 2.05) is 7.05 Å². The molecule has 1 aromatic carbocycles. The quantitative estimate of drug-likeness (QED) is 0.858. The van der Waals surface area contributed by atoms with Gasteiger partial charge in [-0.15, -0.1) is 0 Å². The molecule has 0 radical (unpaired) electrons. The molecule has 2 aromatic rings. The van der Waals surface area contributed by atoms with Crippen molar-refractivity contribution in [2.45, 2.75) is 6.18 Å². The van der Waals surface area contributed by atoms with Gasteiger partial charge < -0.3 is 15.1 Å². The number of hydrogen-bond acceptors (Lipinski definition) is 5. The first-order valence-corrected chi connectivity index (χ1v) is 8.56. The number of nitrogens with zero attached hydrogens (tertiary/aromatic N) is 4. The van der Waals surface area contributed by atoms with Crippen LogP contribution in [0.1, 0.15) is 16.1 Å². The molecule has 2 heterocycles. The Balaban J connectivity index is 1.82. The Morgan fingerprint density at radius 3 is 2.56 bits per heavy atom. The van der Waals surface area contributed by atoms with E-state index < -0.39 is 11.7 Å². The topological polar surface area (TPSA) is 61.4 Å². The summed E-state index contributed by atoms with van der Waals surface area (Å²) >= 11 is 5.68. The largest absolute Gasteiger partial charge is 0.418 e. The molecule has 0 atom stereocenters. The Hall–Kier alpha value is -2.39. The van der Waals surface area contributed by atoms with Gasteiger partial charge in [-0.3, -0.25) is 4.79 Å². The molecule has 6 nitrogen and oxygen atoms in total. The van der Waals surface area contributed by atoms with Crippen molar-refractivity contribution in [3.8, 4) is 0 Å². The van der Waals surface area contributed by atoms with Gasteiger partial charge in [0.05, 0.1) is 11.3 Å². The number of carbonyl (C=O) groups excluding carboxylic acids is 1. The maximum absolute atomic E-state index is 13.2. The van der Waals surface area contributed by atoms with Crippen LogP contribution in [0.3, 0.4) is 0 Å². The van der Waals surface area contributed by atoms with Crippen molar-refractivity contribution in [1.82, 2.24) is 19.8 Å². The molecule has 3 rings (SSSR count). The maximum Gasteiger partial charge on any atom is 0.418 e. The SMILES string of the molecule is CN1CCN(C(=O)c2ccnc(Nc3ccc(Cl)cc3C(F)(F)F)n2)CC1. The minimum Gasteiger partial charge on any atom is -0.335 e. The van der Waals surface area contributed by atoms with Crippen LogP contribution in [0.15, 0.2) is 30.5 Å². The highest BCUT2D eigenvalue weighted by Gasteiger charge is 2.34. The molecule has 0 spiro atoms. The van der Waals surface area contributed by atoms with Crippen LogP contribution >= 0.6 is 11.6 Å². The molecule has 0 unspecified atom stereocenters. The zero-order chi connectivity index (χ0) is 19.6. The number of carbonyl (C=O) groups is 1. The van der Waals surface area contributed by atoms with Crippen molar-refractivity contribution >= 4 is 29.1 Å². The van der Waals surface area contributed by atoms with Gasteiger partial charge in [0, 0.05) is 37.4 Å². The van der Waals surface area contributed by atoms with Gasteiger partial charge in [0.1, 0.15) is 5.69 Å². The summed E-state index contributed by atoms with van der Waals surface area (Å²) < 4.78 is 39.6. The molecule has 1 N–H and O–H groups in total. The van der Waals surface area contributed by atoms with Gasteiger partial charge in [-0.25, -0.2) is 9.97 Å². The number of likely N-dealkylation sites (N-methyl/N-ethyl adjacent to an activating group) is 1. The third-order valence-corrected chi connectivity index (χ3v) is 4.43. The number of piperazine rings is 1. The third kappa shape index (κ3) is 4.67. The lowest BCUT2D eigenvalue weighted by molar-refractivity contribution is -0.136. The molecule has 0 bridgehead atoms. The predicted molar refractivity (Wildman–Crippen MR) is 95.2 cm³/mol. The second kappa shape index (κ2) is 7.69. The van der Waals surface area contributed by atoms with Crippen molar-refractivity contribution in [1.29, 1.82) is 0 Å². The number of amides is 1. The van der Waals surface area contributed by atoms with Crippen LogP contribution in [0, 0.1) is 0 Å². The molecule has 144 valence electrons. The van der Waals surface area contributed by atoms with E-state index in [0.717, 1.165) is 19.2 Å². The van der Waals surface area contributed by atoms with Crippen LogP contribution in [0.25, 0.3) is 0 Å². The first kappa shape index (κ1) is 19.4. The lowest BCUT2D eigenvalue weighted by atomic mass is 10.1. The summed E-state index contributed by atoms with van der Waals surface area (Å²) in [4.78, 5) is 24.3. The average molecular weight is 400 g/mol. The van der Waals surface area contributed by atoms with E-state index in [1.54, 1.807) is 4.90 Å². The first-order valence-electron chi connectivity index (χ1n) is 8.18. The number of hydrogen-bond donors (Lipinski definition) is 1. The van der Waals surface area contributed by atoms with Gasteiger partial charge in [0.25, 0.3) is 5.91 Å². The minimum absolute atomic E-state index is 0.0345. The van der Waals surface area contributed by atoms with E-state index in [1.165, 1.54) is 24.4 Å². The summed E-state index contributed by atoms with van der Waals surface area (Å²) in [6, 6.07) is 4.79. The third-order valence-electron chi connectivity index (χ3n) is 4.20. The smallest absolute Gasteiger partial charge is 0.335 e. The van der Waals surface area contributed by atoms with E-state index in [0.29, 0.717) is 13.1 Å². The standard InChI is InChI=1S/C17H17ClF3N5O/c1-25-6-8-26(9-7-25)15(27)14-4-5-22-16(24-14)23-13-3-2-11(18)10-12(13)17(19,20)21/h2-5,10H,6-9H2,1H3,(H,22,23,24). The van der Waals surface area contributed by atoms with E-state index in [9.17, 15) is 18.0 Å². The minimum atomic E-state index is -4.60. The number of alkyl halides is 3. The van der Waals surface area contributed by atoms with Crippen LogP contribution in [0.4, 0.5) is 24.8 Å². The Morgan fingerprint density at radius 1 is 1.19 bits per heavy atom. The zero-order valence-corrected chi connectivity index (χ0v) is 15.2. The second-order valence-corrected chi connectivity index (χ2v) is 6.61. The lowest BCUT2D eigenvalue weighted by Crippen LogP contribution is -2.47. The summed E-state index contributed by atoms with van der Waals surface area (Å²) in [5.74, 6) is -0.372. The molecule has 1 fully saturated rings. The van der Waals surface area contributed by atoms with Crippen LogP contribution in [-0.2, 0) is 6.18 Å². The molecule has 27 heavy (non-hydrogen) atoms. The molecule has 1 saturated heterocycles. The first-order chi connectivity index (χ1) is 12.7. The van der Waals surface area contributed by atoms with Crippen LogP contribution in [-0.4, -0.2) is 58.9 Å². The summed E-state index contributed by atoms with van der Waals surface area (Å²) in [5.41, 5.74) is -1.05. The van der Waals surface area contributed by atoms with Crippen molar-refractivity contribution in [2.24, 2.45) is 0 Å². The van der Waals surface area contributed by atoms with E-state index in [2.05, 4.69) is 20.2 Å². The highest BCUT2D eigenvalue weighted by Crippen LogP contribution is 2.37. The van der Waals surface area contributed by atoms with E-state index >= 15 is 0 Å². The average Bonchev–Trinajstić information content (AvgIpc) is 2.63. The molecule has 10 heteroatoms. The van der Waals surface area contributed by atoms with E-state index in [-0.39, 0.29) is 28.3 Å². The van der Waals surface area contributed by atoms with Crippen LogP contribution in [0.5, 0.6) is 0 Å². The van der Waals surface area contributed by atoms with E-state index in [4.69, 9.17) is 11.6 Å². The summed E-state index contributed by atoms with van der Waals surface area (Å²) in [5, 5.41) is 2.50. The van der Waals surface area contributed by atoms with Crippen LogP contribution in [0.2, 0.25) is 5.02 Å². The highest BCUT2D eigenvalue weighted by atomic mass is 35.5. The number of nitrogens with one attached hydrogen (secondary N) is 1. The Morgan fingerprint density at radius 2 is 1.89 bits per heavy atom. The number of rotatable bonds is 3. The number of benzene rings is 1. The number of anilines is 2. The fourth-order valence-electron chi connectivity index (χ4n) is 2.69. The predicted octanol–water partition coefficient (Wildman–Crippen LogP) is 3.28. The fraction of sp³-hybridized carbons (Fsp3) is 0.353. The van der Waals surface area contributed by atoms with Gasteiger partial charge >= 0.3 is 6.18 Å². The highest BCUT2D eigenvalue weighted by molar-refractivity contribution is 6.30. The molecule has 1 aromatic heterocycles. The lowest BCUT2D eigenvalue weighted by Gasteiger charge is -2.32. The Bertz CT molecular complexity index is 838. The van der Waals surface area contributed by atoms with Gasteiger partial charge in [0.15, 0.2) is 0 Å². The molecule has 1 aliphatic rings. The number of halogens is 4. The summed E-state index contributed by atoms with van der Waals surface area (Å²) in [7, 11) is 1.97. The summed E-state index contributed by atoms with van der Waals surface area (Å²) in [6.07, 6.45) is -3.26.